The molecular formula is C22H17Cl2FN2O3S. The van der Waals surface area contributed by atoms with Crippen LogP contribution >= 0.6 is 23.2 Å². The number of para-hydroxylation sites is 1. The average Bonchev–Trinajstić information content (AvgIpc) is 2.74. The van der Waals surface area contributed by atoms with Crippen LogP contribution in [0.5, 0.6) is 0 Å². The van der Waals surface area contributed by atoms with Crippen LogP contribution in [0.15, 0.2) is 84.3 Å². The second-order valence-corrected chi connectivity index (χ2v) is 9.06. The van der Waals surface area contributed by atoms with Gasteiger partial charge in [0.2, 0.25) is 0 Å². The van der Waals surface area contributed by atoms with Crippen molar-refractivity contribution < 1.29 is 17.6 Å². The number of rotatable bonds is 7. The molecule has 160 valence electrons. The van der Waals surface area contributed by atoms with Gasteiger partial charge in [-0.05, 0) is 48.5 Å². The number of anilines is 2. The third kappa shape index (κ3) is 5.07. The SMILES string of the molecule is C=CCN(c1ccccc1Cl)S(=O)(=O)c1cccc(C(=O)Nc2ccc(F)cc2Cl)c1. The van der Waals surface area contributed by atoms with E-state index in [1.54, 1.807) is 24.3 Å². The highest BCUT2D eigenvalue weighted by Crippen LogP contribution is 2.31. The van der Waals surface area contributed by atoms with Crippen LogP contribution < -0.4 is 9.62 Å². The van der Waals surface area contributed by atoms with Gasteiger partial charge in [0.05, 0.1) is 32.9 Å². The van der Waals surface area contributed by atoms with Gasteiger partial charge in [0.15, 0.2) is 0 Å². The summed E-state index contributed by atoms with van der Waals surface area (Å²) in [6, 6.07) is 15.6. The van der Waals surface area contributed by atoms with Crippen molar-refractivity contribution in [1.29, 1.82) is 0 Å². The van der Waals surface area contributed by atoms with Crippen LogP contribution in [0, 0.1) is 5.82 Å². The van der Waals surface area contributed by atoms with Crippen molar-refractivity contribution in [3.63, 3.8) is 0 Å². The molecule has 0 saturated carbocycles. The summed E-state index contributed by atoms with van der Waals surface area (Å²) in [5.41, 5.74) is 0.571. The van der Waals surface area contributed by atoms with Gasteiger partial charge in [-0.1, -0.05) is 47.5 Å². The summed E-state index contributed by atoms with van der Waals surface area (Å²) >= 11 is 12.1. The van der Waals surface area contributed by atoms with E-state index in [1.165, 1.54) is 36.4 Å². The minimum absolute atomic E-state index is 0.0202. The van der Waals surface area contributed by atoms with E-state index in [-0.39, 0.29) is 38.4 Å². The minimum Gasteiger partial charge on any atom is -0.321 e. The zero-order chi connectivity index (χ0) is 22.6. The molecule has 3 aromatic carbocycles. The van der Waals surface area contributed by atoms with Crippen LogP contribution in [0.4, 0.5) is 15.8 Å². The van der Waals surface area contributed by atoms with E-state index in [1.807, 2.05) is 0 Å². The Labute approximate surface area is 189 Å². The summed E-state index contributed by atoms with van der Waals surface area (Å²) in [5, 5.41) is 2.82. The molecule has 0 fully saturated rings. The zero-order valence-corrected chi connectivity index (χ0v) is 18.4. The fourth-order valence-corrected chi connectivity index (χ4v) is 4.81. The van der Waals surface area contributed by atoms with Gasteiger partial charge in [0, 0.05) is 5.56 Å². The predicted octanol–water partition coefficient (Wildman–Crippen LogP) is 5.77. The van der Waals surface area contributed by atoms with Gasteiger partial charge in [-0.3, -0.25) is 9.10 Å². The number of hydrogen-bond acceptors (Lipinski definition) is 3. The second-order valence-electron chi connectivity index (χ2n) is 6.38. The Balaban J connectivity index is 1.96. The highest BCUT2D eigenvalue weighted by atomic mass is 35.5. The number of nitrogens with zero attached hydrogens (tertiary/aromatic N) is 1. The van der Waals surface area contributed by atoms with E-state index in [0.29, 0.717) is 0 Å². The minimum atomic E-state index is -4.06. The van der Waals surface area contributed by atoms with Gasteiger partial charge < -0.3 is 5.32 Å². The Hall–Kier alpha value is -2.87. The molecule has 0 bridgehead atoms. The molecule has 3 rings (SSSR count). The molecule has 5 nitrogen and oxygen atoms in total. The number of halogens is 3. The van der Waals surface area contributed by atoms with Crippen LogP contribution in [-0.4, -0.2) is 20.9 Å². The van der Waals surface area contributed by atoms with Crippen molar-refractivity contribution in [2.45, 2.75) is 4.90 Å². The summed E-state index contributed by atoms with van der Waals surface area (Å²) in [5.74, 6) is -1.14. The monoisotopic (exact) mass is 478 g/mol. The van der Waals surface area contributed by atoms with Gasteiger partial charge in [-0.15, -0.1) is 6.58 Å². The van der Waals surface area contributed by atoms with Crippen molar-refractivity contribution in [2.75, 3.05) is 16.2 Å². The maximum atomic E-state index is 13.3. The van der Waals surface area contributed by atoms with E-state index in [2.05, 4.69) is 11.9 Å². The molecule has 0 spiro atoms. The first-order valence-corrected chi connectivity index (χ1v) is 11.2. The van der Waals surface area contributed by atoms with Crippen molar-refractivity contribution in [1.82, 2.24) is 0 Å². The standard InChI is InChI=1S/C22H17Cl2FN2O3S/c1-2-12-27(21-9-4-3-8-18(21)23)31(29,30)17-7-5-6-15(13-17)22(28)26-20-11-10-16(25)14-19(20)24/h2-11,13-14H,1,12H2,(H,26,28). The van der Waals surface area contributed by atoms with Gasteiger partial charge in [0.1, 0.15) is 5.82 Å². The van der Waals surface area contributed by atoms with Crippen LogP contribution in [0.3, 0.4) is 0 Å². The molecule has 0 saturated heterocycles. The zero-order valence-electron chi connectivity index (χ0n) is 16.1. The molecule has 3 aromatic rings. The molecular weight excluding hydrogens is 462 g/mol. The number of benzene rings is 3. The molecule has 1 amide bonds. The molecule has 0 unspecified atom stereocenters. The number of carbonyl (C=O) groups excluding carboxylic acids is 1. The maximum Gasteiger partial charge on any atom is 0.264 e. The van der Waals surface area contributed by atoms with Gasteiger partial charge in [-0.25, -0.2) is 12.8 Å². The molecule has 9 heteroatoms. The second kappa shape index (κ2) is 9.51. The lowest BCUT2D eigenvalue weighted by Gasteiger charge is -2.24. The van der Waals surface area contributed by atoms with Crippen LogP contribution in [-0.2, 0) is 10.0 Å². The van der Waals surface area contributed by atoms with Gasteiger partial charge in [0.25, 0.3) is 15.9 Å². The highest BCUT2D eigenvalue weighted by Gasteiger charge is 2.26. The maximum absolute atomic E-state index is 13.3. The van der Waals surface area contributed by atoms with Gasteiger partial charge in [-0.2, -0.15) is 0 Å². The molecule has 0 radical (unpaired) electrons. The quantitative estimate of drug-likeness (QED) is 0.438. The first-order chi connectivity index (χ1) is 14.7. The van der Waals surface area contributed by atoms with E-state index in [9.17, 15) is 17.6 Å². The van der Waals surface area contributed by atoms with E-state index in [4.69, 9.17) is 23.2 Å². The fourth-order valence-electron chi connectivity index (χ4n) is 2.81. The summed E-state index contributed by atoms with van der Waals surface area (Å²) in [6.07, 6.45) is 1.44. The Kier molecular flexibility index (Phi) is 7.00. The Morgan fingerprint density at radius 2 is 1.77 bits per heavy atom. The van der Waals surface area contributed by atoms with Crippen LogP contribution in [0.1, 0.15) is 10.4 Å². The first kappa shape index (κ1) is 22.8. The third-order valence-electron chi connectivity index (χ3n) is 4.28. The molecule has 1 N–H and O–H groups in total. The van der Waals surface area contributed by atoms with Crippen molar-refractivity contribution in [2.24, 2.45) is 0 Å². The fraction of sp³-hybridized carbons (Fsp3) is 0.0455. The molecule has 0 aliphatic heterocycles. The number of amides is 1. The lowest BCUT2D eigenvalue weighted by atomic mass is 10.2. The van der Waals surface area contributed by atoms with Crippen LogP contribution in [0.2, 0.25) is 10.0 Å². The Morgan fingerprint density at radius 1 is 1.03 bits per heavy atom. The summed E-state index contributed by atoms with van der Waals surface area (Å²) in [7, 11) is -4.06. The summed E-state index contributed by atoms with van der Waals surface area (Å²) in [4.78, 5) is 12.5. The molecule has 0 atom stereocenters. The summed E-state index contributed by atoms with van der Waals surface area (Å²) in [6.45, 7) is 3.60. The molecule has 0 heterocycles. The topological polar surface area (TPSA) is 66.5 Å². The van der Waals surface area contributed by atoms with Crippen molar-refractivity contribution >= 4 is 50.5 Å². The molecule has 31 heavy (non-hydrogen) atoms. The Morgan fingerprint density at radius 3 is 2.45 bits per heavy atom. The largest absolute Gasteiger partial charge is 0.321 e. The molecule has 0 aliphatic carbocycles. The average molecular weight is 479 g/mol. The number of nitrogens with one attached hydrogen (secondary N) is 1. The number of hydrogen-bond donors (Lipinski definition) is 1. The van der Waals surface area contributed by atoms with Gasteiger partial charge >= 0.3 is 0 Å². The third-order valence-corrected chi connectivity index (χ3v) is 6.69. The van der Waals surface area contributed by atoms with Crippen LogP contribution in [0.25, 0.3) is 0 Å². The normalized spacial score (nSPS) is 11.1. The molecule has 0 aromatic heterocycles. The first-order valence-electron chi connectivity index (χ1n) is 8.98. The van der Waals surface area contributed by atoms with Crippen molar-refractivity contribution in [3.05, 3.63) is 101 Å². The summed E-state index contributed by atoms with van der Waals surface area (Å²) < 4.78 is 41.0. The smallest absolute Gasteiger partial charge is 0.264 e. The molecule has 0 aliphatic rings. The van der Waals surface area contributed by atoms with Crippen molar-refractivity contribution in [3.8, 4) is 0 Å². The van der Waals surface area contributed by atoms with E-state index < -0.39 is 21.7 Å². The van der Waals surface area contributed by atoms with E-state index in [0.717, 1.165) is 16.4 Å². The number of carbonyl (C=O) groups is 1. The lowest BCUT2D eigenvalue weighted by molar-refractivity contribution is 0.102. The highest BCUT2D eigenvalue weighted by molar-refractivity contribution is 7.92. The lowest BCUT2D eigenvalue weighted by Crippen LogP contribution is -2.31. The Bertz CT molecular complexity index is 1250. The predicted molar refractivity (Wildman–Crippen MR) is 122 cm³/mol. The van der Waals surface area contributed by atoms with E-state index >= 15 is 0 Å². The number of sulfonamides is 1.